The van der Waals surface area contributed by atoms with Gasteiger partial charge in [-0.05, 0) is 6.72 Å². The van der Waals surface area contributed by atoms with Crippen LogP contribution in [0.5, 0.6) is 0 Å². The van der Waals surface area contributed by atoms with E-state index in [0.717, 1.165) is 5.69 Å². The summed E-state index contributed by atoms with van der Waals surface area (Å²) in [4.78, 5) is 3.72. The normalized spacial score (nSPS) is 10.4. The molecule has 0 saturated carbocycles. The minimum atomic E-state index is 0.683. The molecule has 0 aliphatic carbocycles. The largest absolute Gasteiger partial charge is 0.336 e. The Labute approximate surface area is 56.8 Å². The summed E-state index contributed by atoms with van der Waals surface area (Å²) >= 11 is 0. The lowest BCUT2D eigenvalue weighted by Gasteiger charge is -1.74. The molecule has 2 aromatic heterocycles. The number of fused-ring (bicyclic) bond motifs is 1. The van der Waals surface area contributed by atoms with Gasteiger partial charge in [-0.1, -0.05) is 5.16 Å². The van der Waals surface area contributed by atoms with Crippen molar-refractivity contribution in [3.63, 3.8) is 0 Å². The topological polar surface area (TPSA) is 42.8 Å². The minimum absolute atomic E-state index is 0.683. The van der Waals surface area contributed by atoms with Gasteiger partial charge in [0.2, 0.25) is 5.71 Å². The van der Waals surface area contributed by atoms with Crippen LogP contribution in [0.15, 0.2) is 28.1 Å². The van der Waals surface area contributed by atoms with Crippen molar-refractivity contribution < 1.29 is 4.52 Å². The Morgan fingerprint density at radius 3 is 3.30 bits per heavy atom. The monoisotopic (exact) mass is 135 g/mol. The zero-order valence-corrected chi connectivity index (χ0v) is 5.19. The highest BCUT2D eigenvalue weighted by Crippen LogP contribution is 2.15. The fourth-order valence-electron chi connectivity index (χ4n) is 0.823. The number of hydrogen-bond acceptors (Lipinski definition) is 3. The van der Waals surface area contributed by atoms with E-state index < -0.39 is 0 Å². The number of hydrogen-bond donors (Lipinski definition) is 0. The van der Waals surface area contributed by atoms with Crippen LogP contribution in [0.1, 0.15) is 0 Å². The van der Waals surface area contributed by atoms with Crippen molar-refractivity contribution in [1.29, 1.82) is 0 Å². The fraction of sp³-hybridized carbons (Fsp3) is 0. The maximum atomic E-state index is 4.83. The molecule has 0 fully saturated rings. The molecule has 4 nitrogen and oxygen atoms in total. The van der Waals surface area contributed by atoms with Crippen molar-refractivity contribution in [3.05, 3.63) is 18.6 Å². The lowest BCUT2D eigenvalue weighted by Crippen LogP contribution is -1.66. The van der Waals surface area contributed by atoms with Crippen molar-refractivity contribution in [3.8, 4) is 0 Å². The number of aliphatic imine (C=N–C) groups is 1. The first-order valence-electron chi connectivity index (χ1n) is 2.79. The van der Waals surface area contributed by atoms with Gasteiger partial charge in [0.25, 0.3) is 0 Å². The standard InChI is InChI=1S/C6H5N3O/c1-7-5-2-6-9(3-5)4-8-10-6/h2-4H,1H2. The molecule has 0 amide bonds. The highest BCUT2D eigenvalue weighted by atomic mass is 16.5. The van der Waals surface area contributed by atoms with Gasteiger partial charge in [-0.15, -0.1) is 0 Å². The SMILES string of the molecule is C=Nc1cc2oncn2c1. The minimum Gasteiger partial charge on any atom is -0.336 e. The molecule has 0 spiro atoms. The summed E-state index contributed by atoms with van der Waals surface area (Å²) in [6.45, 7) is 3.38. The molecule has 0 unspecified atom stereocenters. The molecule has 0 radical (unpaired) electrons. The third-order valence-corrected chi connectivity index (χ3v) is 1.30. The van der Waals surface area contributed by atoms with Crippen molar-refractivity contribution in [2.45, 2.75) is 0 Å². The average molecular weight is 135 g/mol. The van der Waals surface area contributed by atoms with Gasteiger partial charge in [0.05, 0.1) is 5.69 Å². The Hall–Kier alpha value is -1.58. The van der Waals surface area contributed by atoms with E-state index in [1.54, 1.807) is 23.0 Å². The molecule has 10 heavy (non-hydrogen) atoms. The summed E-state index contributed by atoms with van der Waals surface area (Å²) in [5.41, 5.74) is 1.48. The van der Waals surface area contributed by atoms with Crippen LogP contribution in [-0.4, -0.2) is 16.3 Å². The Balaban J connectivity index is 2.78. The van der Waals surface area contributed by atoms with Crippen molar-refractivity contribution in [2.75, 3.05) is 0 Å². The van der Waals surface area contributed by atoms with Gasteiger partial charge in [-0.3, -0.25) is 9.39 Å². The third kappa shape index (κ3) is 0.556. The Morgan fingerprint density at radius 2 is 2.60 bits per heavy atom. The lowest BCUT2D eigenvalue weighted by atomic mass is 10.5. The van der Waals surface area contributed by atoms with Crippen LogP contribution < -0.4 is 0 Å². The van der Waals surface area contributed by atoms with Crippen LogP contribution in [0, 0.1) is 0 Å². The zero-order chi connectivity index (χ0) is 6.97. The molecule has 2 heterocycles. The van der Waals surface area contributed by atoms with Crippen molar-refractivity contribution in [2.24, 2.45) is 4.99 Å². The van der Waals surface area contributed by atoms with Gasteiger partial charge in [-0.2, -0.15) is 0 Å². The molecule has 0 aliphatic heterocycles. The first kappa shape index (κ1) is 5.22. The maximum Gasteiger partial charge on any atom is 0.237 e. The van der Waals surface area contributed by atoms with E-state index in [2.05, 4.69) is 16.9 Å². The van der Waals surface area contributed by atoms with Gasteiger partial charge >= 0.3 is 0 Å². The Kier molecular flexibility index (Phi) is 0.887. The smallest absolute Gasteiger partial charge is 0.237 e. The Morgan fingerprint density at radius 1 is 1.70 bits per heavy atom. The van der Waals surface area contributed by atoms with Crippen LogP contribution in [0.25, 0.3) is 5.71 Å². The molecule has 0 aliphatic rings. The van der Waals surface area contributed by atoms with E-state index in [4.69, 9.17) is 4.52 Å². The summed E-state index contributed by atoms with van der Waals surface area (Å²) < 4.78 is 6.57. The van der Waals surface area contributed by atoms with Crippen LogP contribution >= 0.6 is 0 Å². The first-order chi connectivity index (χ1) is 4.90. The molecule has 0 atom stereocenters. The molecule has 0 aromatic carbocycles. The molecule has 0 saturated heterocycles. The average Bonchev–Trinajstić information content (AvgIpc) is 2.42. The quantitative estimate of drug-likeness (QED) is 0.552. The fourth-order valence-corrected chi connectivity index (χ4v) is 0.823. The second kappa shape index (κ2) is 1.70. The van der Waals surface area contributed by atoms with Gasteiger partial charge in [0.15, 0.2) is 0 Å². The van der Waals surface area contributed by atoms with E-state index in [1.807, 2.05) is 0 Å². The number of rotatable bonds is 1. The van der Waals surface area contributed by atoms with E-state index in [0.29, 0.717) is 5.71 Å². The van der Waals surface area contributed by atoms with E-state index >= 15 is 0 Å². The third-order valence-electron chi connectivity index (χ3n) is 1.30. The molecule has 50 valence electrons. The molecular formula is C6H5N3O. The van der Waals surface area contributed by atoms with E-state index in [9.17, 15) is 0 Å². The second-order valence-corrected chi connectivity index (χ2v) is 1.91. The summed E-state index contributed by atoms with van der Waals surface area (Å²) in [5, 5.41) is 3.56. The van der Waals surface area contributed by atoms with Gasteiger partial charge in [0, 0.05) is 12.3 Å². The summed E-state index contributed by atoms with van der Waals surface area (Å²) in [7, 11) is 0. The lowest BCUT2D eigenvalue weighted by molar-refractivity contribution is 0.455. The van der Waals surface area contributed by atoms with Gasteiger partial charge in [0.1, 0.15) is 6.33 Å². The van der Waals surface area contributed by atoms with Gasteiger partial charge < -0.3 is 4.52 Å². The van der Waals surface area contributed by atoms with Crippen molar-refractivity contribution >= 4 is 18.1 Å². The maximum absolute atomic E-state index is 4.83. The van der Waals surface area contributed by atoms with Crippen LogP contribution in [-0.2, 0) is 0 Å². The number of aromatic nitrogens is 2. The first-order valence-corrected chi connectivity index (χ1v) is 2.79. The molecule has 4 heteroatoms. The zero-order valence-electron chi connectivity index (χ0n) is 5.19. The Bertz CT molecular complexity index is 331. The predicted molar refractivity (Wildman–Crippen MR) is 36.7 cm³/mol. The van der Waals surface area contributed by atoms with Crippen LogP contribution in [0.4, 0.5) is 5.69 Å². The summed E-state index contributed by atoms with van der Waals surface area (Å²) in [6, 6.07) is 1.76. The van der Waals surface area contributed by atoms with Crippen LogP contribution in [0.3, 0.4) is 0 Å². The molecule has 0 N–H and O–H groups in total. The highest BCUT2D eigenvalue weighted by molar-refractivity contribution is 5.53. The molecule has 2 rings (SSSR count). The highest BCUT2D eigenvalue weighted by Gasteiger charge is 1.98. The second-order valence-electron chi connectivity index (χ2n) is 1.91. The summed E-state index contributed by atoms with van der Waals surface area (Å²) in [6.07, 6.45) is 3.36. The predicted octanol–water partition coefficient (Wildman–Crippen LogP) is 1.26. The van der Waals surface area contributed by atoms with Crippen molar-refractivity contribution in [1.82, 2.24) is 9.56 Å². The van der Waals surface area contributed by atoms with Gasteiger partial charge in [-0.25, -0.2) is 0 Å². The van der Waals surface area contributed by atoms with E-state index in [-0.39, 0.29) is 0 Å². The molecule has 0 bridgehead atoms. The molecule has 2 aromatic rings. The summed E-state index contributed by atoms with van der Waals surface area (Å²) in [5.74, 6) is 0. The van der Waals surface area contributed by atoms with Crippen LogP contribution in [0.2, 0.25) is 0 Å². The molecular weight excluding hydrogens is 130 g/mol. The van der Waals surface area contributed by atoms with E-state index in [1.165, 1.54) is 0 Å². The number of nitrogens with zero attached hydrogens (tertiary/aromatic N) is 3.